The second kappa shape index (κ2) is 12.4. The van der Waals surface area contributed by atoms with Crippen LogP contribution in [0.1, 0.15) is 24.5 Å². The van der Waals surface area contributed by atoms with Crippen molar-refractivity contribution in [3.05, 3.63) is 69.8 Å². The molecule has 2 aromatic carbocycles. The van der Waals surface area contributed by atoms with Gasteiger partial charge in [-0.3, -0.25) is 10.1 Å². The molecule has 8 heteroatoms. The van der Waals surface area contributed by atoms with E-state index in [9.17, 15) is 10.1 Å². The number of hydrogen-bond donors (Lipinski definition) is 2. The Hall–Kier alpha value is -3.13. The lowest BCUT2D eigenvalue weighted by atomic mass is 10.2. The molecule has 0 aliphatic heterocycles. The standard InChI is InChI=1S/C21H28N4O4/c1-3-29-14-4-13-22-21(24-16-18-7-11-20(28-2)12-8-18)23-15-17-5-9-19(10-6-17)25(26)27/h5-12H,3-4,13-16H2,1-2H3,(H2,22,23,24). The van der Waals surface area contributed by atoms with E-state index in [4.69, 9.17) is 9.47 Å². The first-order chi connectivity index (χ1) is 14.1. The fraction of sp³-hybridized carbons (Fsp3) is 0.381. The van der Waals surface area contributed by atoms with Crippen LogP contribution in [0.3, 0.4) is 0 Å². The van der Waals surface area contributed by atoms with Crippen molar-refractivity contribution in [1.82, 2.24) is 10.6 Å². The molecule has 0 radical (unpaired) electrons. The minimum absolute atomic E-state index is 0.0798. The Labute approximate surface area is 171 Å². The number of hydrogen-bond acceptors (Lipinski definition) is 5. The van der Waals surface area contributed by atoms with Crippen molar-refractivity contribution in [3.8, 4) is 5.75 Å². The molecule has 0 amide bonds. The highest BCUT2D eigenvalue weighted by Crippen LogP contribution is 2.13. The summed E-state index contributed by atoms with van der Waals surface area (Å²) in [5.41, 5.74) is 2.08. The van der Waals surface area contributed by atoms with Crippen LogP contribution in [0.5, 0.6) is 5.75 Å². The van der Waals surface area contributed by atoms with E-state index in [1.54, 1.807) is 19.2 Å². The molecule has 29 heavy (non-hydrogen) atoms. The van der Waals surface area contributed by atoms with Crippen molar-refractivity contribution >= 4 is 11.6 Å². The van der Waals surface area contributed by atoms with Gasteiger partial charge >= 0.3 is 0 Å². The molecule has 2 aromatic rings. The van der Waals surface area contributed by atoms with Crippen LogP contribution < -0.4 is 15.4 Å². The Bertz CT molecular complexity index is 776. The van der Waals surface area contributed by atoms with Gasteiger partial charge in [0.05, 0.1) is 18.6 Å². The second-order valence-electron chi connectivity index (χ2n) is 6.27. The van der Waals surface area contributed by atoms with Crippen molar-refractivity contribution in [3.63, 3.8) is 0 Å². The smallest absolute Gasteiger partial charge is 0.269 e. The maximum absolute atomic E-state index is 10.8. The minimum atomic E-state index is -0.404. The molecule has 8 nitrogen and oxygen atoms in total. The summed E-state index contributed by atoms with van der Waals surface area (Å²) in [5, 5.41) is 17.3. The van der Waals surface area contributed by atoms with Crippen LogP contribution in [0.2, 0.25) is 0 Å². The fourth-order valence-corrected chi connectivity index (χ4v) is 2.52. The lowest BCUT2D eigenvalue weighted by molar-refractivity contribution is -0.384. The fourth-order valence-electron chi connectivity index (χ4n) is 2.52. The van der Waals surface area contributed by atoms with Gasteiger partial charge < -0.3 is 20.1 Å². The first-order valence-electron chi connectivity index (χ1n) is 9.58. The number of nitrogens with zero attached hydrogens (tertiary/aromatic N) is 2. The molecule has 0 fully saturated rings. The number of non-ortho nitro benzene ring substituents is 1. The summed E-state index contributed by atoms with van der Waals surface area (Å²) in [6.07, 6.45) is 0.870. The number of ether oxygens (including phenoxy) is 2. The van der Waals surface area contributed by atoms with Gasteiger partial charge in [0, 0.05) is 38.4 Å². The average molecular weight is 400 g/mol. The highest BCUT2D eigenvalue weighted by Gasteiger charge is 2.05. The number of methoxy groups -OCH3 is 1. The molecule has 0 saturated carbocycles. The van der Waals surface area contributed by atoms with Gasteiger partial charge in [0.25, 0.3) is 5.69 Å². The van der Waals surface area contributed by atoms with Gasteiger partial charge in [0.15, 0.2) is 5.96 Å². The number of nitrogens with one attached hydrogen (secondary N) is 2. The molecule has 0 spiro atoms. The molecule has 0 aliphatic rings. The highest BCUT2D eigenvalue weighted by molar-refractivity contribution is 5.79. The maximum atomic E-state index is 10.8. The summed E-state index contributed by atoms with van der Waals surface area (Å²) in [7, 11) is 1.64. The molecule has 0 heterocycles. The molecule has 0 aliphatic carbocycles. The van der Waals surface area contributed by atoms with Crippen molar-refractivity contribution in [2.75, 3.05) is 26.9 Å². The number of nitro benzene ring substituents is 1. The monoisotopic (exact) mass is 400 g/mol. The summed E-state index contributed by atoms with van der Waals surface area (Å²) in [6, 6.07) is 14.2. The topological polar surface area (TPSA) is 98.0 Å². The van der Waals surface area contributed by atoms with Gasteiger partial charge in [-0.2, -0.15) is 0 Å². The van der Waals surface area contributed by atoms with E-state index < -0.39 is 4.92 Å². The van der Waals surface area contributed by atoms with Gasteiger partial charge in [-0.25, -0.2) is 4.99 Å². The van der Waals surface area contributed by atoms with Gasteiger partial charge in [0.2, 0.25) is 0 Å². The van der Waals surface area contributed by atoms with Crippen molar-refractivity contribution in [2.24, 2.45) is 4.99 Å². The predicted octanol–water partition coefficient (Wildman–Crippen LogP) is 3.27. The Morgan fingerprint density at radius 2 is 1.76 bits per heavy atom. The van der Waals surface area contributed by atoms with Gasteiger partial charge in [-0.15, -0.1) is 0 Å². The Morgan fingerprint density at radius 3 is 2.38 bits per heavy atom. The van der Waals surface area contributed by atoms with Crippen LogP contribution in [0, 0.1) is 10.1 Å². The zero-order chi connectivity index (χ0) is 20.9. The van der Waals surface area contributed by atoms with Crippen molar-refractivity contribution in [2.45, 2.75) is 26.4 Å². The van der Waals surface area contributed by atoms with Crippen molar-refractivity contribution < 1.29 is 14.4 Å². The number of rotatable bonds is 11. The number of aliphatic imine (C=N–C) groups is 1. The lowest BCUT2D eigenvalue weighted by Gasteiger charge is -2.13. The molecular formula is C21H28N4O4. The molecule has 0 atom stereocenters. The molecule has 0 saturated heterocycles. The summed E-state index contributed by atoms with van der Waals surface area (Å²) in [6.45, 7) is 5.13. The van der Waals surface area contributed by atoms with Crippen LogP contribution in [0.15, 0.2) is 53.5 Å². The third-order valence-corrected chi connectivity index (χ3v) is 4.15. The third-order valence-electron chi connectivity index (χ3n) is 4.15. The molecule has 0 unspecified atom stereocenters. The highest BCUT2D eigenvalue weighted by atomic mass is 16.6. The summed E-state index contributed by atoms with van der Waals surface area (Å²) in [5.74, 6) is 1.49. The molecule has 2 rings (SSSR count). The first-order valence-corrected chi connectivity index (χ1v) is 9.58. The second-order valence-corrected chi connectivity index (χ2v) is 6.27. The Kier molecular flexibility index (Phi) is 9.44. The van der Waals surface area contributed by atoms with E-state index in [-0.39, 0.29) is 5.69 Å². The SMILES string of the molecule is CCOCCCNC(=NCc1ccc(OC)cc1)NCc1ccc([N+](=O)[O-])cc1. The molecule has 156 valence electrons. The van der Waals surface area contributed by atoms with Crippen LogP contribution in [0.4, 0.5) is 5.69 Å². The average Bonchev–Trinajstić information content (AvgIpc) is 2.75. The zero-order valence-electron chi connectivity index (χ0n) is 16.9. The summed E-state index contributed by atoms with van der Waals surface area (Å²) in [4.78, 5) is 15.0. The molecule has 2 N–H and O–H groups in total. The molecular weight excluding hydrogens is 372 g/mol. The Morgan fingerprint density at radius 1 is 1.07 bits per heavy atom. The van der Waals surface area contributed by atoms with E-state index in [1.165, 1.54) is 12.1 Å². The summed E-state index contributed by atoms with van der Waals surface area (Å²) >= 11 is 0. The first kappa shape index (κ1) is 22.2. The Balaban J connectivity index is 1.95. The van der Waals surface area contributed by atoms with Crippen LogP contribution >= 0.6 is 0 Å². The minimum Gasteiger partial charge on any atom is -0.497 e. The van der Waals surface area contributed by atoms with E-state index >= 15 is 0 Å². The third kappa shape index (κ3) is 8.18. The van der Waals surface area contributed by atoms with E-state index in [0.29, 0.717) is 32.3 Å². The van der Waals surface area contributed by atoms with Gasteiger partial charge in [-0.05, 0) is 36.6 Å². The zero-order valence-corrected chi connectivity index (χ0v) is 16.9. The van der Waals surface area contributed by atoms with E-state index in [2.05, 4.69) is 15.6 Å². The van der Waals surface area contributed by atoms with Crippen LogP contribution in [-0.4, -0.2) is 37.8 Å². The van der Waals surface area contributed by atoms with E-state index in [0.717, 1.165) is 29.8 Å². The normalized spacial score (nSPS) is 11.2. The van der Waals surface area contributed by atoms with Gasteiger partial charge in [-0.1, -0.05) is 24.3 Å². The lowest BCUT2D eigenvalue weighted by Crippen LogP contribution is -2.37. The molecule has 0 bridgehead atoms. The number of benzene rings is 2. The molecule has 0 aromatic heterocycles. The van der Waals surface area contributed by atoms with Crippen LogP contribution in [-0.2, 0) is 17.8 Å². The van der Waals surface area contributed by atoms with Crippen LogP contribution in [0.25, 0.3) is 0 Å². The van der Waals surface area contributed by atoms with Gasteiger partial charge in [0.1, 0.15) is 5.75 Å². The quantitative estimate of drug-likeness (QED) is 0.198. The predicted molar refractivity (Wildman–Crippen MR) is 113 cm³/mol. The largest absolute Gasteiger partial charge is 0.497 e. The summed E-state index contributed by atoms with van der Waals surface area (Å²) < 4.78 is 10.5. The maximum Gasteiger partial charge on any atom is 0.269 e. The number of guanidine groups is 1. The van der Waals surface area contributed by atoms with E-state index in [1.807, 2.05) is 31.2 Å². The van der Waals surface area contributed by atoms with Crippen molar-refractivity contribution in [1.29, 1.82) is 0 Å². The number of nitro groups is 1.